The summed E-state index contributed by atoms with van der Waals surface area (Å²) >= 11 is 0. The first-order chi connectivity index (χ1) is 14.5. The van der Waals surface area contributed by atoms with Crippen molar-refractivity contribution in [1.82, 2.24) is 5.32 Å². The lowest BCUT2D eigenvalue weighted by molar-refractivity contribution is -0.137. The minimum absolute atomic E-state index is 0.0788. The fourth-order valence-corrected chi connectivity index (χ4v) is 3.82. The van der Waals surface area contributed by atoms with Crippen molar-refractivity contribution >= 4 is 21.6 Å². The van der Waals surface area contributed by atoms with E-state index in [0.717, 1.165) is 17.7 Å². The van der Waals surface area contributed by atoms with Crippen LogP contribution in [0.2, 0.25) is 0 Å². The third-order valence-corrected chi connectivity index (χ3v) is 5.84. The standard InChI is InChI=1S/C22H19F3N2O3S/c1-15-5-11-20(12-6-15)31(29,30)27-19-9-7-17(8-10-19)21(28)26-14-16-3-2-4-18(13-16)22(23,24)25/h2-13,27H,14H2,1H3,(H,26,28). The Kier molecular flexibility index (Phi) is 6.35. The Balaban J connectivity index is 1.63. The van der Waals surface area contributed by atoms with Crippen molar-refractivity contribution in [3.8, 4) is 0 Å². The Bertz CT molecular complexity index is 1170. The SMILES string of the molecule is Cc1ccc(S(=O)(=O)Nc2ccc(C(=O)NCc3cccc(C(F)(F)F)c3)cc2)cc1. The van der Waals surface area contributed by atoms with Crippen LogP contribution in [0.25, 0.3) is 0 Å². The normalized spacial score (nSPS) is 11.7. The molecule has 0 unspecified atom stereocenters. The molecular formula is C22H19F3N2O3S. The number of carbonyl (C=O) groups is 1. The van der Waals surface area contributed by atoms with Crippen molar-refractivity contribution in [3.05, 3.63) is 95.1 Å². The topological polar surface area (TPSA) is 75.3 Å². The van der Waals surface area contributed by atoms with Gasteiger partial charge < -0.3 is 5.32 Å². The van der Waals surface area contributed by atoms with E-state index in [9.17, 15) is 26.4 Å². The lowest BCUT2D eigenvalue weighted by Gasteiger charge is -2.11. The highest BCUT2D eigenvalue weighted by molar-refractivity contribution is 7.92. The van der Waals surface area contributed by atoms with Gasteiger partial charge in [0.2, 0.25) is 0 Å². The minimum Gasteiger partial charge on any atom is -0.348 e. The molecule has 0 saturated carbocycles. The number of hydrogen-bond donors (Lipinski definition) is 2. The second kappa shape index (κ2) is 8.81. The number of amides is 1. The maximum Gasteiger partial charge on any atom is 0.416 e. The Morgan fingerprint density at radius 2 is 1.58 bits per heavy atom. The van der Waals surface area contributed by atoms with Crippen molar-refractivity contribution in [1.29, 1.82) is 0 Å². The second-order valence-corrected chi connectivity index (χ2v) is 8.56. The van der Waals surface area contributed by atoms with Crippen molar-refractivity contribution < 1.29 is 26.4 Å². The van der Waals surface area contributed by atoms with E-state index in [4.69, 9.17) is 0 Å². The molecule has 0 atom stereocenters. The summed E-state index contributed by atoms with van der Waals surface area (Å²) in [5.74, 6) is -0.495. The molecule has 3 rings (SSSR count). The molecule has 1 amide bonds. The zero-order valence-corrected chi connectivity index (χ0v) is 17.2. The fourth-order valence-electron chi connectivity index (χ4n) is 2.76. The van der Waals surface area contributed by atoms with Crippen LogP contribution in [0.4, 0.5) is 18.9 Å². The van der Waals surface area contributed by atoms with Crippen LogP contribution in [0.3, 0.4) is 0 Å². The lowest BCUT2D eigenvalue weighted by atomic mass is 10.1. The van der Waals surface area contributed by atoms with Gasteiger partial charge in [-0.1, -0.05) is 29.8 Å². The highest BCUT2D eigenvalue weighted by Crippen LogP contribution is 2.29. The van der Waals surface area contributed by atoms with E-state index in [-0.39, 0.29) is 22.7 Å². The molecule has 31 heavy (non-hydrogen) atoms. The van der Waals surface area contributed by atoms with Gasteiger partial charge in [-0.3, -0.25) is 9.52 Å². The largest absolute Gasteiger partial charge is 0.416 e. The summed E-state index contributed by atoms with van der Waals surface area (Å²) in [6.07, 6.45) is -4.46. The van der Waals surface area contributed by atoms with Crippen LogP contribution < -0.4 is 10.0 Å². The van der Waals surface area contributed by atoms with Gasteiger partial charge in [0.15, 0.2) is 0 Å². The molecule has 0 heterocycles. The molecule has 9 heteroatoms. The number of anilines is 1. The first-order valence-corrected chi connectivity index (χ1v) is 10.7. The average Bonchev–Trinajstić information content (AvgIpc) is 2.72. The van der Waals surface area contributed by atoms with E-state index >= 15 is 0 Å². The zero-order chi connectivity index (χ0) is 22.6. The predicted octanol–water partition coefficient (Wildman–Crippen LogP) is 4.74. The van der Waals surface area contributed by atoms with Gasteiger partial charge in [0.25, 0.3) is 15.9 Å². The highest BCUT2D eigenvalue weighted by Gasteiger charge is 2.30. The predicted molar refractivity (Wildman–Crippen MR) is 111 cm³/mol. The molecule has 3 aromatic rings. The number of rotatable bonds is 6. The van der Waals surface area contributed by atoms with Gasteiger partial charge in [-0.15, -0.1) is 0 Å². The van der Waals surface area contributed by atoms with Gasteiger partial charge in [-0.2, -0.15) is 13.2 Å². The fraction of sp³-hybridized carbons (Fsp3) is 0.136. The Morgan fingerprint density at radius 1 is 0.935 bits per heavy atom. The van der Waals surface area contributed by atoms with E-state index in [1.165, 1.54) is 48.5 Å². The molecule has 0 spiro atoms. The second-order valence-electron chi connectivity index (χ2n) is 6.88. The molecule has 0 fully saturated rings. The summed E-state index contributed by atoms with van der Waals surface area (Å²) in [4.78, 5) is 12.4. The first-order valence-electron chi connectivity index (χ1n) is 9.18. The molecule has 5 nitrogen and oxygen atoms in total. The quantitative estimate of drug-likeness (QED) is 0.572. The number of alkyl halides is 3. The van der Waals surface area contributed by atoms with Crippen LogP contribution in [0.15, 0.2) is 77.7 Å². The summed E-state index contributed by atoms with van der Waals surface area (Å²) in [7, 11) is -3.77. The first kappa shape index (κ1) is 22.4. The van der Waals surface area contributed by atoms with Crippen LogP contribution in [0.5, 0.6) is 0 Å². The van der Waals surface area contributed by atoms with E-state index in [0.29, 0.717) is 5.56 Å². The molecular weight excluding hydrogens is 429 g/mol. The maximum atomic E-state index is 12.8. The number of nitrogens with one attached hydrogen (secondary N) is 2. The van der Waals surface area contributed by atoms with Crippen molar-refractivity contribution in [2.24, 2.45) is 0 Å². The van der Waals surface area contributed by atoms with Crippen LogP contribution in [-0.4, -0.2) is 14.3 Å². The Hall–Kier alpha value is -3.33. The summed E-state index contributed by atoms with van der Waals surface area (Å²) in [6.45, 7) is 1.77. The molecule has 0 aliphatic rings. The number of halogens is 3. The molecule has 0 aliphatic heterocycles. The Labute approximate surface area is 178 Å². The van der Waals surface area contributed by atoms with E-state index < -0.39 is 27.7 Å². The van der Waals surface area contributed by atoms with Gasteiger partial charge >= 0.3 is 6.18 Å². The lowest BCUT2D eigenvalue weighted by Crippen LogP contribution is -2.23. The van der Waals surface area contributed by atoms with Crippen LogP contribution in [-0.2, 0) is 22.7 Å². The van der Waals surface area contributed by atoms with Crippen molar-refractivity contribution in [2.45, 2.75) is 24.5 Å². The van der Waals surface area contributed by atoms with Crippen LogP contribution >= 0.6 is 0 Å². The van der Waals surface area contributed by atoms with E-state index in [2.05, 4.69) is 10.0 Å². The zero-order valence-electron chi connectivity index (χ0n) is 16.4. The highest BCUT2D eigenvalue weighted by atomic mass is 32.2. The van der Waals surface area contributed by atoms with Crippen molar-refractivity contribution in [3.63, 3.8) is 0 Å². The van der Waals surface area contributed by atoms with E-state index in [1.54, 1.807) is 12.1 Å². The molecule has 3 aromatic carbocycles. The minimum atomic E-state index is -4.46. The molecule has 0 bridgehead atoms. The number of hydrogen-bond acceptors (Lipinski definition) is 3. The average molecular weight is 448 g/mol. The molecule has 0 saturated heterocycles. The van der Waals surface area contributed by atoms with Gasteiger partial charge in [0.05, 0.1) is 10.5 Å². The number of carbonyl (C=O) groups excluding carboxylic acids is 1. The smallest absolute Gasteiger partial charge is 0.348 e. The van der Waals surface area contributed by atoms with Gasteiger partial charge in [-0.25, -0.2) is 8.42 Å². The molecule has 162 valence electrons. The summed E-state index contributed by atoms with van der Waals surface area (Å²) in [5.41, 5.74) is 0.967. The summed E-state index contributed by atoms with van der Waals surface area (Å²) in [5, 5.41) is 2.55. The number of benzene rings is 3. The Morgan fingerprint density at radius 3 is 2.19 bits per heavy atom. The molecule has 0 radical (unpaired) electrons. The van der Waals surface area contributed by atoms with Crippen molar-refractivity contribution in [2.75, 3.05) is 4.72 Å². The maximum absolute atomic E-state index is 12.8. The van der Waals surface area contributed by atoms with Gasteiger partial charge in [0.1, 0.15) is 0 Å². The summed E-state index contributed by atoms with van der Waals surface area (Å²) in [6, 6.07) is 16.8. The summed E-state index contributed by atoms with van der Waals surface area (Å²) < 4.78 is 65.6. The molecule has 0 aromatic heterocycles. The third-order valence-electron chi connectivity index (χ3n) is 4.44. The van der Waals surface area contributed by atoms with Crippen LogP contribution in [0, 0.1) is 6.92 Å². The third kappa shape index (κ3) is 5.85. The van der Waals surface area contributed by atoms with Gasteiger partial charge in [0, 0.05) is 17.8 Å². The van der Waals surface area contributed by atoms with Gasteiger partial charge in [-0.05, 0) is 61.0 Å². The van der Waals surface area contributed by atoms with E-state index in [1.807, 2.05) is 6.92 Å². The monoisotopic (exact) mass is 448 g/mol. The number of sulfonamides is 1. The molecule has 0 aliphatic carbocycles. The molecule has 2 N–H and O–H groups in total. The number of aryl methyl sites for hydroxylation is 1. The van der Waals surface area contributed by atoms with Crippen LogP contribution in [0.1, 0.15) is 27.0 Å².